The second kappa shape index (κ2) is 3.62. The molecule has 0 aromatic carbocycles. The molecule has 2 N–H and O–H groups in total. The normalized spacial score (nSPS) is 9.92. The summed E-state index contributed by atoms with van der Waals surface area (Å²) in [6, 6.07) is 0. The Hall–Kier alpha value is -1.29. The predicted octanol–water partition coefficient (Wildman–Crippen LogP) is 1.30. The summed E-state index contributed by atoms with van der Waals surface area (Å²) in [5.74, 6) is 0. The molecule has 0 amide bonds. The number of hydrogen-bond donors (Lipinski definition) is 1. The van der Waals surface area contributed by atoms with Crippen LogP contribution in [0.3, 0.4) is 0 Å². The van der Waals surface area contributed by atoms with E-state index in [0.717, 1.165) is 17.6 Å². The number of fused-ring (bicyclic) bond motifs is 1. The zero-order chi connectivity index (χ0) is 8.55. The van der Waals surface area contributed by atoms with Crippen LogP contribution >= 0.6 is 12.4 Å². The molecule has 5 heteroatoms. The third-order valence-electron chi connectivity index (χ3n) is 1.85. The lowest BCUT2D eigenvalue weighted by molar-refractivity contribution is 0.910. The zero-order valence-electron chi connectivity index (χ0n) is 7.27. The van der Waals surface area contributed by atoms with E-state index in [1.54, 1.807) is 10.7 Å². The summed E-state index contributed by atoms with van der Waals surface area (Å²) in [5.41, 5.74) is 8.13. The molecular formula is C8H11ClN4. The smallest absolute Gasteiger partial charge is 0.178 e. The van der Waals surface area contributed by atoms with Crippen molar-refractivity contribution < 1.29 is 0 Å². The lowest BCUT2D eigenvalue weighted by Crippen LogP contribution is -1.94. The van der Waals surface area contributed by atoms with Gasteiger partial charge in [-0.2, -0.15) is 5.10 Å². The fraction of sp³-hybridized carbons (Fsp3) is 0.250. The van der Waals surface area contributed by atoms with Gasteiger partial charge in [-0.15, -0.1) is 12.4 Å². The third kappa shape index (κ3) is 1.58. The first-order valence-corrected chi connectivity index (χ1v) is 3.89. The van der Waals surface area contributed by atoms with Crippen molar-refractivity contribution in [2.75, 3.05) is 5.73 Å². The molecule has 0 spiro atoms. The third-order valence-corrected chi connectivity index (χ3v) is 1.85. The van der Waals surface area contributed by atoms with Crippen LogP contribution in [-0.2, 0) is 6.42 Å². The van der Waals surface area contributed by atoms with Gasteiger partial charge in [0.1, 0.15) is 0 Å². The monoisotopic (exact) mass is 198 g/mol. The van der Waals surface area contributed by atoms with E-state index in [-0.39, 0.29) is 12.4 Å². The van der Waals surface area contributed by atoms with Crippen LogP contribution < -0.4 is 5.73 Å². The van der Waals surface area contributed by atoms with Gasteiger partial charge >= 0.3 is 0 Å². The van der Waals surface area contributed by atoms with Crippen LogP contribution in [0.5, 0.6) is 0 Å². The summed E-state index contributed by atoms with van der Waals surface area (Å²) in [6.07, 6.45) is 6.34. The molecule has 70 valence electrons. The number of rotatable bonds is 1. The van der Waals surface area contributed by atoms with Gasteiger partial charge < -0.3 is 5.73 Å². The zero-order valence-corrected chi connectivity index (χ0v) is 8.08. The van der Waals surface area contributed by atoms with Crippen LogP contribution in [-0.4, -0.2) is 14.6 Å². The molecular weight excluding hydrogens is 188 g/mol. The van der Waals surface area contributed by atoms with Crippen molar-refractivity contribution in [1.29, 1.82) is 0 Å². The van der Waals surface area contributed by atoms with Gasteiger partial charge in [-0.1, -0.05) is 6.92 Å². The number of nitrogen functional groups attached to an aromatic ring is 1. The Balaban J connectivity index is 0.000000845. The number of anilines is 1. The molecule has 0 saturated carbocycles. The minimum atomic E-state index is 0. The summed E-state index contributed by atoms with van der Waals surface area (Å²) < 4.78 is 1.70. The minimum absolute atomic E-state index is 0. The highest BCUT2D eigenvalue weighted by Crippen LogP contribution is 2.09. The van der Waals surface area contributed by atoms with Crippen LogP contribution in [0.25, 0.3) is 5.65 Å². The van der Waals surface area contributed by atoms with Crippen molar-refractivity contribution in [2.24, 2.45) is 0 Å². The van der Waals surface area contributed by atoms with Crippen LogP contribution in [0.1, 0.15) is 12.5 Å². The molecule has 2 aromatic rings. The Kier molecular flexibility index (Phi) is 2.72. The minimum Gasteiger partial charge on any atom is -0.394 e. The molecule has 2 aromatic heterocycles. The average Bonchev–Trinajstić information content (AvgIpc) is 2.47. The Morgan fingerprint density at radius 2 is 2.23 bits per heavy atom. The van der Waals surface area contributed by atoms with E-state index in [0.29, 0.717) is 5.69 Å². The van der Waals surface area contributed by atoms with Crippen molar-refractivity contribution in [3.05, 3.63) is 24.2 Å². The summed E-state index contributed by atoms with van der Waals surface area (Å²) in [4.78, 5) is 4.19. The van der Waals surface area contributed by atoms with Crippen molar-refractivity contribution in [3.8, 4) is 0 Å². The first-order valence-electron chi connectivity index (χ1n) is 3.89. The molecule has 2 heterocycles. The highest BCUT2D eigenvalue weighted by molar-refractivity contribution is 5.85. The molecule has 0 unspecified atom stereocenters. The van der Waals surface area contributed by atoms with E-state index in [4.69, 9.17) is 5.73 Å². The number of halogens is 1. The Labute approximate surface area is 82.2 Å². The summed E-state index contributed by atoms with van der Waals surface area (Å²) in [7, 11) is 0. The lowest BCUT2D eigenvalue weighted by Gasteiger charge is -1.96. The van der Waals surface area contributed by atoms with Crippen molar-refractivity contribution in [3.63, 3.8) is 0 Å². The first-order chi connectivity index (χ1) is 5.81. The summed E-state index contributed by atoms with van der Waals surface area (Å²) in [6.45, 7) is 2.08. The molecule has 13 heavy (non-hydrogen) atoms. The molecule has 0 fully saturated rings. The molecule has 0 aliphatic heterocycles. The number of aryl methyl sites for hydroxylation is 1. The van der Waals surface area contributed by atoms with E-state index in [2.05, 4.69) is 17.0 Å². The molecule has 4 nitrogen and oxygen atoms in total. The van der Waals surface area contributed by atoms with Crippen molar-refractivity contribution in [2.45, 2.75) is 13.3 Å². The highest BCUT2D eigenvalue weighted by atomic mass is 35.5. The number of nitrogens with two attached hydrogens (primary N) is 1. The average molecular weight is 199 g/mol. The van der Waals surface area contributed by atoms with Crippen LogP contribution in [0.4, 0.5) is 5.69 Å². The van der Waals surface area contributed by atoms with E-state index in [1.807, 2.05) is 12.4 Å². The van der Waals surface area contributed by atoms with Gasteiger partial charge in [0.15, 0.2) is 5.65 Å². The van der Waals surface area contributed by atoms with Crippen molar-refractivity contribution >= 4 is 23.7 Å². The number of aromatic nitrogens is 3. The van der Waals surface area contributed by atoms with Gasteiger partial charge in [0.05, 0.1) is 11.9 Å². The van der Waals surface area contributed by atoms with Gasteiger partial charge in [-0.25, -0.2) is 9.50 Å². The van der Waals surface area contributed by atoms with Gasteiger partial charge in [0.25, 0.3) is 0 Å². The first kappa shape index (κ1) is 9.80. The van der Waals surface area contributed by atoms with Gasteiger partial charge in [0.2, 0.25) is 0 Å². The predicted molar refractivity (Wildman–Crippen MR) is 54.0 cm³/mol. The van der Waals surface area contributed by atoms with Crippen LogP contribution in [0, 0.1) is 0 Å². The number of nitrogens with zero attached hydrogens (tertiary/aromatic N) is 3. The lowest BCUT2D eigenvalue weighted by atomic mass is 10.3. The maximum absolute atomic E-state index is 5.62. The van der Waals surface area contributed by atoms with Crippen LogP contribution in [0.15, 0.2) is 18.6 Å². The fourth-order valence-corrected chi connectivity index (χ4v) is 1.11. The quantitative estimate of drug-likeness (QED) is 0.752. The largest absolute Gasteiger partial charge is 0.394 e. The maximum Gasteiger partial charge on any atom is 0.178 e. The van der Waals surface area contributed by atoms with Crippen LogP contribution in [0.2, 0.25) is 0 Å². The second-order valence-electron chi connectivity index (χ2n) is 2.68. The summed E-state index contributed by atoms with van der Waals surface area (Å²) in [5, 5.41) is 4.06. The fourth-order valence-electron chi connectivity index (χ4n) is 1.11. The topological polar surface area (TPSA) is 56.2 Å². The second-order valence-corrected chi connectivity index (χ2v) is 2.68. The molecule has 0 atom stereocenters. The molecule has 0 saturated heterocycles. The molecule has 0 bridgehead atoms. The SMILES string of the molecule is CCc1cnc2c(N)cnn2c1.Cl. The summed E-state index contributed by atoms with van der Waals surface area (Å²) >= 11 is 0. The van der Waals surface area contributed by atoms with E-state index < -0.39 is 0 Å². The van der Waals surface area contributed by atoms with Gasteiger partial charge in [-0.05, 0) is 12.0 Å². The molecule has 0 radical (unpaired) electrons. The standard InChI is InChI=1S/C8H10N4.ClH/c1-2-6-3-10-8-7(9)4-11-12(8)5-6;/h3-5H,2,9H2,1H3;1H. The highest BCUT2D eigenvalue weighted by Gasteiger charge is 2.00. The van der Waals surface area contributed by atoms with Gasteiger partial charge in [0, 0.05) is 12.4 Å². The molecule has 2 rings (SSSR count). The van der Waals surface area contributed by atoms with E-state index in [1.165, 1.54) is 0 Å². The maximum atomic E-state index is 5.62. The van der Waals surface area contributed by atoms with E-state index >= 15 is 0 Å². The Bertz CT molecular complexity index is 409. The molecule has 0 aliphatic rings. The Morgan fingerprint density at radius 3 is 2.92 bits per heavy atom. The number of hydrogen-bond acceptors (Lipinski definition) is 3. The Morgan fingerprint density at radius 1 is 1.46 bits per heavy atom. The van der Waals surface area contributed by atoms with Gasteiger partial charge in [-0.3, -0.25) is 0 Å². The van der Waals surface area contributed by atoms with Crippen molar-refractivity contribution in [1.82, 2.24) is 14.6 Å². The van der Waals surface area contributed by atoms with E-state index in [9.17, 15) is 0 Å². The molecule has 0 aliphatic carbocycles.